The highest BCUT2D eigenvalue weighted by Crippen LogP contribution is 2.15. The van der Waals surface area contributed by atoms with E-state index >= 15 is 0 Å². The quantitative estimate of drug-likeness (QED) is 0.559. The van der Waals surface area contributed by atoms with Crippen LogP contribution >= 0.6 is 0 Å². The molecule has 31 heavy (non-hydrogen) atoms. The van der Waals surface area contributed by atoms with Crippen molar-refractivity contribution in [2.75, 3.05) is 11.9 Å². The van der Waals surface area contributed by atoms with Gasteiger partial charge in [-0.2, -0.15) is 0 Å². The number of carbonyl (C=O) groups excluding carboxylic acids is 1. The van der Waals surface area contributed by atoms with Gasteiger partial charge in [0.25, 0.3) is 5.56 Å². The van der Waals surface area contributed by atoms with E-state index in [0.717, 1.165) is 5.56 Å². The number of hydrogen-bond acceptors (Lipinski definition) is 5. The van der Waals surface area contributed by atoms with Gasteiger partial charge in [-0.1, -0.05) is 44.2 Å². The van der Waals surface area contributed by atoms with Crippen LogP contribution in [0.5, 0.6) is 0 Å². The molecule has 2 N–H and O–H groups in total. The lowest BCUT2D eigenvalue weighted by molar-refractivity contribution is -0.118. The molecular weight excluding hydrogens is 416 g/mol. The highest BCUT2D eigenvalue weighted by atomic mass is 32.2. The summed E-state index contributed by atoms with van der Waals surface area (Å²) in [5.41, 5.74) is 1.65. The van der Waals surface area contributed by atoms with Crippen molar-refractivity contribution < 1.29 is 13.2 Å². The Morgan fingerprint density at radius 3 is 2.35 bits per heavy atom. The first kappa shape index (κ1) is 22.4. The zero-order valence-corrected chi connectivity index (χ0v) is 18.1. The van der Waals surface area contributed by atoms with E-state index in [1.165, 1.54) is 41.2 Å². The topological polar surface area (TPSA) is 110 Å². The Hall–Kier alpha value is -3.30. The third kappa shape index (κ3) is 5.87. The molecule has 0 aliphatic rings. The van der Waals surface area contributed by atoms with Crippen LogP contribution in [0.25, 0.3) is 11.3 Å². The van der Waals surface area contributed by atoms with Gasteiger partial charge in [0.2, 0.25) is 15.9 Å². The minimum atomic E-state index is -3.75. The molecule has 0 bridgehead atoms. The van der Waals surface area contributed by atoms with E-state index < -0.39 is 10.0 Å². The molecule has 1 heterocycles. The van der Waals surface area contributed by atoms with Gasteiger partial charge in [-0.15, -0.1) is 0 Å². The van der Waals surface area contributed by atoms with E-state index in [-0.39, 0.29) is 35.4 Å². The molecule has 3 aromatic rings. The van der Waals surface area contributed by atoms with Crippen LogP contribution in [0.2, 0.25) is 0 Å². The minimum absolute atomic E-state index is 0.0282. The van der Waals surface area contributed by atoms with Crippen molar-refractivity contribution in [3.8, 4) is 11.3 Å². The van der Waals surface area contributed by atoms with Crippen molar-refractivity contribution in [2.24, 2.45) is 5.92 Å². The molecular formula is C22H24N4O4S. The number of rotatable bonds is 8. The summed E-state index contributed by atoms with van der Waals surface area (Å²) < 4.78 is 28.8. The molecule has 0 aliphatic heterocycles. The van der Waals surface area contributed by atoms with Crippen LogP contribution in [0.4, 0.5) is 5.69 Å². The zero-order valence-electron chi connectivity index (χ0n) is 17.3. The summed E-state index contributed by atoms with van der Waals surface area (Å²) in [6.45, 7) is 3.71. The van der Waals surface area contributed by atoms with Crippen LogP contribution in [0.3, 0.4) is 0 Å². The van der Waals surface area contributed by atoms with E-state index in [9.17, 15) is 18.0 Å². The summed E-state index contributed by atoms with van der Waals surface area (Å²) in [5, 5.41) is 2.71. The fourth-order valence-corrected chi connectivity index (χ4v) is 3.77. The molecule has 9 heteroatoms. The number of benzene rings is 2. The van der Waals surface area contributed by atoms with E-state index in [1.807, 2.05) is 30.3 Å². The maximum atomic E-state index is 12.5. The standard InChI is InChI=1S/C22H24N4O4S/c1-16(2)22(28)25-18-8-10-19(11-9-18)31(29,30)24-12-13-26-15-23-20(14-21(26)27)17-6-4-3-5-7-17/h3-11,14-16,24H,12-13H2,1-2H3,(H,25,28). The van der Waals surface area contributed by atoms with Crippen molar-refractivity contribution in [1.82, 2.24) is 14.3 Å². The first-order chi connectivity index (χ1) is 14.8. The van der Waals surface area contributed by atoms with E-state index in [2.05, 4.69) is 15.0 Å². The SMILES string of the molecule is CC(C)C(=O)Nc1ccc(S(=O)(=O)NCCn2cnc(-c3ccccc3)cc2=O)cc1. The fourth-order valence-electron chi connectivity index (χ4n) is 2.75. The fraction of sp³-hybridized carbons (Fsp3) is 0.227. The largest absolute Gasteiger partial charge is 0.326 e. The van der Waals surface area contributed by atoms with Crippen LogP contribution in [0.15, 0.2) is 76.7 Å². The summed E-state index contributed by atoms with van der Waals surface area (Å²) in [6.07, 6.45) is 1.41. The Bertz CT molecular complexity index is 1200. The normalized spacial score (nSPS) is 11.5. The van der Waals surface area contributed by atoms with Crippen molar-refractivity contribution >= 4 is 21.6 Å². The number of aromatic nitrogens is 2. The number of hydrogen-bond donors (Lipinski definition) is 2. The Labute approximate surface area is 181 Å². The molecule has 0 spiro atoms. The predicted molar refractivity (Wildman–Crippen MR) is 119 cm³/mol. The second-order valence-electron chi connectivity index (χ2n) is 7.24. The molecule has 162 valence electrons. The van der Waals surface area contributed by atoms with Gasteiger partial charge in [-0.3, -0.25) is 14.2 Å². The molecule has 3 rings (SSSR count). The predicted octanol–water partition coefficient (Wildman–Crippen LogP) is 2.48. The monoisotopic (exact) mass is 440 g/mol. The Morgan fingerprint density at radius 2 is 1.74 bits per heavy atom. The molecule has 1 amide bonds. The molecule has 0 atom stereocenters. The highest BCUT2D eigenvalue weighted by Gasteiger charge is 2.14. The maximum Gasteiger partial charge on any atom is 0.253 e. The van der Waals surface area contributed by atoms with E-state index in [0.29, 0.717) is 11.4 Å². The molecule has 8 nitrogen and oxygen atoms in total. The number of sulfonamides is 1. The van der Waals surface area contributed by atoms with Crippen molar-refractivity contribution in [2.45, 2.75) is 25.3 Å². The molecule has 0 aliphatic carbocycles. The first-order valence-electron chi connectivity index (χ1n) is 9.79. The van der Waals surface area contributed by atoms with Gasteiger partial charge >= 0.3 is 0 Å². The van der Waals surface area contributed by atoms with E-state index in [1.54, 1.807) is 13.8 Å². The summed E-state index contributed by atoms with van der Waals surface area (Å²) in [7, 11) is -3.75. The van der Waals surface area contributed by atoms with Crippen LogP contribution in [-0.2, 0) is 21.4 Å². The molecule has 0 radical (unpaired) electrons. The van der Waals surface area contributed by atoms with Gasteiger partial charge < -0.3 is 5.32 Å². The lowest BCUT2D eigenvalue weighted by atomic mass is 10.1. The lowest BCUT2D eigenvalue weighted by Gasteiger charge is -2.10. The molecule has 2 aromatic carbocycles. The Morgan fingerprint density at radius 1 is 1.06 bits per heavy atom. The smallest absolute Gasteiger partial charge is 0.253 e. The van der Waals surface area contributed by atoms with Crippen LogP contribution in [-0.4, -0.2) is 30.4 Å². The molecule has 0 unspecified atom stereocenters. The van der Waals surface area contributed by atoms with Gasteiger partial charge in [0.1, 0.15) is 0 Å². The second-order valence-corrected chi connectivity index (χ2v) is 9.00. The Balaban J connectivity index is 1.61. The molecule has 1 aromatic heterocycles. The van der Waals surface area contributed by atoms with Crippen molar-refractivity contribution in [3.63, 3.8) is 0 Å². The summed E-state index contributed by atoms with van der Waals surface area (Å²) in [5.74, 6) is -0.323. The van der Waals surface area contributed by atoms with Gasteiger partial charge in [0, 0.05) is 36.3 Å². The summed E-state index contributed by atoms with van der Waals surface area (Å²) >= 11 is 0. The van der Waals surface area contributed by atoms with Crippen LogP contribution in [0.1, 0.15) is 13.8 Å². The van der Waals surface area contributed by atoms with Gasteiger partial charge in [0.05, 0.1) is 16.9 Å². The number of carbonyl (C=O) groups is 1. The minimum Gasteiger partial charge on any atom is -0.326 e. The van der Waals surface area contributed by atoms with Gasteiger partial charge in [-0.05, 0) is 24.3 Å². The Kier molecular flexibility index (Phi) is 6.98. The third-order valence-electron chi connectivity index (χ3n) is 4.55. The number of nitrogens with one attached hydrogen (secondary N) is 2. The molecule has 0 saturated carbocycles. The lowest BCUT2D eigenvalue weighted by Crippen LogP contribution is -2.31. The number of anilines is 1. The van der Waals surface area contributed by atoms with Gasteiger partial charge in [-0.25, -0.2) is 18.1 Å². The zero-order chi connectivity index (χ0) is 22.4. The second kappa shape index (κ2) is 9.67. The summed E-state index contributed by atoms with van der Waals surface area (Å²) in [6, 6.07) is 16.7. The van der Waals surface area contributed by atoms with Crippen molar-refractivity contribution in [3.05, 3.63) is 77.3 Å². The maximum absolute atomic E-state index is 12.5. The summed E-state index contributed by atoms with van der Waals surface area (Å²) in [4.78, 5) is 28.4. The molecule has 0 saturated heterocycles. The average molecular weight is 441 g/mol. The number of nitrogens with zero attached hydrogens (tertiary/aromatic N) is 2. The van der Waals surface area contributed by atoms with Crippen LogP contribution < -0.4 is 15.6 Å². The van der Waals surface area contributed by atoms with Gasteiger partial charge in [0.15, 0.2) is 0 Å². The number of amides is 1. The average Bonchev–Trinajstić information content (AvgIpc) is 2.75. The van der Waals surface area contributed by atoms with Crippen molar-refractivity contribution in [1.29, 1.82) is 0 Å². The molecule has 0 fully saturated rings. The van der Waals surface area contributed by atoms with Crippen LogP contribution in [0, 0.1) is 5.92 Å². The highest BCUT2D eigenvalue weighted by molar-refractivity contribution is 7.89. The third-order valence-corrected chi connectivity index (χ3v) is 6.03. The first-order valence-corrected chi connectivity index (χ1v) is 11.3. The van der Waals surface area contributed by atoms with E-state index in [4.69, 9.17) is 0 Å².